The van der Waals surface area contributed by atoms with Crippen molar-refractivity contribution >= 4 is 23.0 Å². The van der Waals surface area contributed by atoms with Crippen molar-refractivity contribution in [2.24, 2.45) is 0 Å². The van der Waals surface area contributed by atoms with Crippen molar-refractivity contribution in [1.82, 2.24) is 0 Å². The molecule has 0 fully saturated rings. The number of ether oxygens (including phenoxy) is 2. The van der Waals surface area contributed by atoms with Gasteiger partial charge in [-0.05, 0) is 23.8 Å². The number of carboxylic acids is 1. The molecule has 0 radical (unpaired) electrons. The van der Waals surface area contributed by atoms with E-state index >= 15 is 0 Å². The van der Waals surface area contributed by atoms with Crippen LogP contribution in [0.25, 0.3) is 17.0 Å². The van der Waals surface area contributed by atoms with E-state index in [9.17, 15) is 4.79 Å². The van der Waals surface area contributed by atoms with Gasteiger partial charge in [0, 0.05) is 17.0 Å². The summed E-state index contributed by atoms with van der Waals surface area (Å²) >= 11 is 0. The highest BCUT2D eigenvalue weighted by molar-refractivity contribution is 5.92. The molecule has 1 N–H and O–H groups in total. The SMILES string of the molecule is COc1c(OCc2ccccc2)c(/C=C/C(=O)O)cc2ccoc12. The molecule has 0 bridgehead atoms. The second kappa shape index (κ2) is 6.91. The fourth-order valence-electron chi connectivity index (χ4n) is 2.43. The van der Waals surface area contributed by atoms with E-state index in [1.54, 1.807) is 18.4 Å². The Morgan fingerprint density at radius 3 is 2.71 bits per heavy atom. The van der Waals surface area contributed by atoms with Gasteiger partial charge in [-0.3, -0.25) is 0 Å². The normalized spacial score (nSPS) is 11.0. The largest absolute Gasteiger partial charge is 0.490 e. The van der Waals surface area contributed by atoms with Crippen LogP contribution in [-0.2, 0) is 11.4 Å². The van der Waals surface area contributed by atoms with Gasteiger partial charge in [0.05, 0.1) is 13.4 Å². The lowest BCUT2D eigenvalue weighted by Gasteiger charge is -2.14. The molecule has 0 aliphatic rings. The van der Waals surface area contributed by atoms with Crippen LogP contribution in [0.2, 0.25) is 0 Å². The van der Waals surface area contributed by atoms with Gasteiger partial charge in [0.15, 0.2) is 11.3 Å². The van der Waals surface area contributed by atoms with Crippen molar-refractivity contribution in [2.75, 3.05) is 7.11 Å². The fraction of sp³-hybridized carbons (Fsp3) is 0.105. The number of aliphatic carboxylic acids is 1. The monoisotopic (exact) mass is 324 g/mol. The highest BCUT2D eigenvalue weighted by atomic mass is 16.5. The summed E-state index contributed by atoms with van der Waals surface area (Å²) in [6, 6.07) is 13.3. The first kappa shape index (κ1) is 15.7. The molecule has 5 nitrogen and oxygen atoms in total. The molecule has 1 heterocycles. The van der Waals surface area contributed by atoms with E-state index < -0.39 is 5.97 Å². The Kier molecular flexibility index (Phi) is 4.52. The molecule has 0 saturated heterocycles. The van der Waals surface area contributed by atoms with Crippen molar-refractivity contribution in [3.63, 3.8) is 0 Å². The fourth-order valence-corrected chi connectivity index (χ4v) is 2.43. The zero-order chi connectivity index (χ0) is 16.9. The summed E-state index contributed by atoms with van der Waals surface area (Å²) in [5, 5.41) is 9.71. The highest BCUT2D eigenvalue weighted by Gasteiger charge is 2.17. The number of carbonyl (C=O) groups is 1. The predicted octanol–water partition coefficient (Wildman–Crippen LogP) is 4.12. The Labute approximate surface area is 138 Å². The minimum atomic E-state index is -1.03. The Morgan fingerprint density at radius 2 is 2.00 bits per heavy atom. The maximum atomic E-state index is 10.9. The average molecular weight is 324 g/mol. The molecule has 0 saturated carbocycles. The molecule has 0 spiro atoms. The number of hydrogen-bond donors (Lipinski definition) is 1. The molecule has 3 rings (SSSR count). The molecule has 24 heavy (non-hydrogen) atoms. The summed E-state index contributed by atoms with van der Waals surface area (Å²) in [4.78, 5) is 10.9. The summed E-state index contributed by atoms with van der Waals surface area (Å²) in [6.07, 6.45) is 4.10. The Hall–Kier alpha value is -3.21. The van der Waals surface area contributed by atoms with Gasteiger partial charge in [-0.25, -0.2) is 4.79 Å². The average Bonchev–Trinajstić information content (AvgIpc) is 3.06. The van der Waals surface area contributed by atoms with Crippen LogP contribution >= 0.6 is 0 Å². The second-order valence-corrected chi connectivity index (χ2v) is 5.11. The van der Waals surface area contributed by atoms with Crippen molar-refractivity contribution in [1.29, 1.82) is 0 Å². The first-order valence-corrected chi connectivity index (χ1v) is 7.35. The van der Waals surface area contributed by atoms with Crippen LogP contribution in [0.5, 0.6) is 11.5 Å². The third-order valence-electron chi connectivity index (χ3n) is 3.52. The molecule has 0 aliphatic heterocycles. The molecule has 122 valence electrons. The molecule has 2 aromatic carbocycles. The van der Waals surface area contributed by atoms with Crippen LogP contribution in [0.1, 0.15) is 11.1 Å². The van der Waals surface area contributed by atoms with E-state index in [1.807, 2.05) is 30.3 Å². The molecular formula is C19H16O5. The number of methoxy groups -OCH3 is 1. The lowest BCUT2D eigenvalue weighted by molar-refractivity contribution is -0.131. The van der Waals surface area contributed by atoms with Crippen LogP contribution in [0.4, 0.5) is 0 Å². The van der Waals surface area contributed by atoms with Gasteiger partial charge in [-0.2, -0.15) is 0 Å². The zero-order valence-electron chi connectivity index (χ0n) is 13.1. The third-order valence-corrected chi connectivity index (χ3v) is 3.52. The minimum Gasteiger partial charge on any atom is -0.490 e. The Bertz CT molecular complexity index is 877. The first-order valence-electron chi connectivity index (χ1n) is 7.35. The predicted molar refractivity (Wildman–Crippen MR) is 90.2 cm³/mol. The van der Waals surface area contributed by atoms with Gasteiger partial charge in [0.1, 0.15) is 6.61 Å². The molecule has 0 atom stereocenters. The number of benzene rings is 2. The number of carboxylic acid groups (broad SMARTS) is 1. The number of rotatable bonds is 6. The van der Waals surface area contributed by atoms with Crippen molar-refractivity contribution < 1.29 is 23.8 Å². The first-order chi connectivity index (χ1) is 11.7. The summed E-state index contributed by atoms with van der Waals surface area (Å²) in [5.41, 5.74) is 2.17. The number of fused-ring (bicyclic) bond motifs is 1. The van der Waals surface area contributed by atoms with Crippen LogP contribution in [0.3, 0.4) is 0 Å². The van der Waals surface area contributed by atoms with Gasteiger partial charge in [0.25, 0.3) is 0 Å². The topological polar surface area (TPSA) is 68.9 Å². The van der Waals surface area contributed by atoms with Crippen LogP contribution in [-0.4, -0.2) is 18.2 Å². The third kappa shape index (κ3) is 3.25. The van der Waals surface area contributed by atoms with E-state index in [4.69, 9.17) is 19.0 Å². The molecule has 0 unspecified atom stereocenters. The molecular weight excluding hydrogens is 308 g/mol. The summed E-state index contributed by atoms with van der Waals surface area (Å²) in [7, 11) is 1.53. The lowest BCUT2D eigenvalue weighted by atomic mass is 10.1. The van der Waals surface area contributed by atoms with E-state index in [-0.39, 0.29) is 0 Å². The second-order valence-electron chi connectivity index (χ2n) is 5.11. The maximum absolute atomic E-state index is 10.9. The molecule has 3 aromatic rings. The summed E-state index contributed by atoms with van der Waals surface area (Å²) < 4.78 is 16.8. The van der Waals surface area contributed by atoms with Crippen LogP contribution in [0, 0.1) is 0 Å². The zero-order valence-corrected chi connectivity index (χ0v) is 13.1. The number of hydrogen-bond acceptors (Lipinski definition) is 4. The molecule has 5 heteroatoms. The van der Waals surface area contributed by atoms with Crippen molar-refractivity contribution in [3.05, 3.63) is 65.9 Å². The Morgan fingerprint density at radius 1 is 1.21 bits per heavy atom. The van der Waals surface area contributed by atoms with Crippen molar-refractivity contribution in [2.45, 2.75) is 6.61 Å². The standard InChI is InChI=1S/C19H16O5/c1-22-19-17-15(9-10-23-17)11-14(7-8-16(20)21)18(19)24-12-13-5-3-2-4-6-13/h2-11H,12H2,1H3,(H,20,21)/b8-7+. The smallest absolute Gasteiger partial charge is 0.328 e. The molecule has 1 aromatic heterocycles. The number of furan rings is 1. The van der Waals surface area contributed by atoms with Crippen molar-refractivity contribution in [3.8, 4) is 11.5 Å². The van der Waals surface area contributed by atoms with Crippen LogP contribution < -0.4 is 9.47 Å². The maximum Gasteiger partial charge on any atom is 0.328 e. The van der Waals surface area contributed by atoms with E-state index in [1.165, 1.54) is 13.2 Å². The van der Waals surface area contributed by atoms with Gasteiger partial charge in [-0.15, -0.1) is 0 Å². The van der Waals surface area contributed by atoms with Gasteiger partial charge in [0.2, 0.25) is 5.75 Å². The quantitative estimate of drug-likeness (QED) is 0.691. The summed E-state index contributed by atoms with van der Waals surface area (Å²) in [6.45, 7) is 0.331. The van der Waals surface area contributed by atoms with Gasteiger partial charge >= 0.3 is 5.97 Å². The van der Waals surface area contributed by atoms with Crippen LogP contribution in [0.15, 0.2) is 59.2 Å². The highest BCUT2D eigenvalue weighted by Crippen LogP contribution is 2.40. The molecule has 0 aliphatic carbocycles. The molecule has 0 amide bonds. The van der Waals surface area contributed by atoms with Gasteiger partial charge in [-0.1, -0.05) is 30.3 Å². The Balaban J connectivity index is 2.04. The van der Waals surface area contributed by atoms with E-state index in [0.29, 0.717) is 29.3 Å². The van der Waals surface area contributed by atoms with E-state index in [0.717, 1.165) is 17.0 Å². The summed E-state index contributed by atoms with van der Waals surface area (Å²) in [5.74, 6) is -0.143. The van der Waals surface area contributed by atoms with E-state index in [2.05, 4.69) is 0 Å². The minimum absolute atomic E-state index is 0.331. The van der Waals surface area contributed by atoms with Gasteiger partial charge < -0.3 is 19.0 Å². The lowest BCUT2D eigenvalue weighted by Crippen LogP contribution is -2.00.